The molecule has 4 rings (SSSR count). The van der Waals surface area contributed by atoms with E-state index in [0.717, 1.165) is 32.1 Å². The van der Waals surface area contributed by atoms with E-state index < -0.39 is 11.9 Å². The fourth-order valence-corrected chi connectivity index (χ4v) is 4.69. The second-order valence-electron chi connectivity index (χ2n) is 7.14. The molecule has 0 atom stereocenters. The minimum Gasteiger partial charge on any atom is -0.465 e. The Morgan fingerprint density at radius 3 is 2.52 bits per heavy atom. The Morgan fingerprint density at radius 1 is 1.07 bits per heavy atom. The quantitative estimate of drug-likeness (QED) is 0.610. The van der Waals surface area contributed by atoms with Crippen LogP contribution >= 0.6 is 11.3 Å². The number of amides is 3. The lowest BCUT2D eigenvalue weighted by molar-refractivity contribution is 0.0546. The zero-order chi connectivity index (χ0) is 20.5. The zero-order valence-electron chi connectivity index (χ0n) is 15.9. The van der Waals surface area contributed by atoms with Crippen LogP contribution in [0.25, 0.3) is 0 Å². The van der Waals surface area contributed by atoms with Gasteiger partial charge in [-0.3, -0.25) is 19.3 Å². The van der Waals surface area contributed by atoms with Gasteiger partial charge in [0.25, 0.3) is 17.7 Å². The number of fused-ring (bicyclic) bond motifs is 1. The van der Waals surface area contributed by atoms with E-state index in [4.69, 9.17) is 4.74 Å². The molecule has 0 radical (unpaired) electrons. The average Bonchev–Trinajstić information content (AvgIpc) is 3.30. The first-order valence-corrected chi connectivity index (χ1v) is 10.4. The van der Waals surface area contributed by atoms with Gasteiger partial charge in [0.2, 0.25) is 0 Å². The van der Waals surface area contributed by atoms with Crippen LogP contribution in [0.2, 0.25) is 0 Å². The van der Waals surface area contributed by atoms with E-state index in [-0.39, 0.29) is 34.5 Å². The maximum atomic E-state index is 12.9. The fraction of sp³-hybridized carbons (Fsp3) is 0.333. The molecule has 1 aliphatic heterocycles. The lowest BCUT2D eigenvalue weighted by Gasteiger charge is -2.29. The number of anilines is 1. The minimum absolute atomic E-state index is 0.0674. The summed E-state index contributed by atoms with van der Waals surface area (Å²) in [6, 6.07) is 6.01. The third kappa shape index (κ3) is 3.44. The molecular weight excluding hydrogens is 392 g/mol. The van der Waals surface area contributed by atoms with Gasteiger partial charge in [0.1, 0.15) is 5.00 Å². The Labute approximate surface area is 171 Å². The summed E-state index contributed by atoms with van der Waals surface area (Å²) in [5.74, 6) is -1.62. The molecule has 0 saturated heterocycles. The number of nitrogens with zero attached hydrogens (tertiary/aromatic N) is 1. The van der Waals surface area contributed by atoms with E-state index in [1.54, 1.807) is 11.4 Å². The maximum absolute atomic E-state index is 12.9. The Hall–Kier alpha value is -3.00. The first-order valence-electron chi connectivity index (χ1n) is 9.50. The Bertz CT molecular complexity index is 1010. The number of nitrogens with one attached hydrogen (secondary N) is 1. The molecule has 2 aliphatic rings. The highest BCUT2D eigenvalue weighted by Gasteiger charge is 2.40. The van der Waals surface area contributed by atoms with Crippen molar-refractivity contribution in [1.82, 2.24) is 4.90 Å². The predicted octanol–water partition coefficient (Wildman–Crippen LogP) is 3.72. The molecule has 0 bridgehead atoms. The van der Waals surface area contributed by atoms with Crippen LogP contribution in [-0.2, 0) is 4.74 Å². The number of esters is 1. The third-order valence-corrected chi connectivity index (χ3v) is 6.25. The second-order valence-corrected chi connectivity index (χ2v) is 8.06. The topological polar surface area (TPSA) is 92.8 Å². The van der Waals surface area contributed by atoms with E-state index in [2.05, 4.69) is 5.32 Å². The molecule has 2 aromatic rings. The van der Waals surface area contributed by atoms with Gasteiger partial charge in [0.15, 0.2) is 0 Å². The van der Waals surface area contributed by atoms with Crippen molar-refractivity contribution in [3.05, 3.63) is 51.9 Å². The first-order chi connectivity index (χ1) is 14.0. The summed E-state index contributed by atoms with van der Waals surface area (Å²) in [5.41, 5.74) is 1.11. The summed E-state index contributed by atoms with van der Waals surface area (Å²) in [4.78, 5) is 51.5. The van der Waals surface area contributed by atoms with Crippen LogP contribution in [0.1, 0.15) is 73.5 Å². The standard InChI is InChI=1S/C21H20N2O5S/c1-28-21(27)15-9-10-29-18(15)22-17(24)12-7-8-14-16(11-12)20(26)23(19(14)25)13-5-3-2-4-6-13/h7-11,13H,2-6H2,1H3,(H,22,24). The van der Waals surface area contributed by atoms with Crippen LogP contribution in [0.15, 0.2) is 29.6 Å². The van der Waals surface area contributed by atoms with Gasteiger partial charge in [-0.1, -0.05) is 19.3 Å². The van der Waals surface area contributed by atoms with Crippen LogP contribution in [0.3, 0.4) is 0 Å². The van der Waals surface area contributed by atoms with Crippen LogP contribution < -0.4 is 5.32 Å². The predicted molar refractivity (Wildman–Crippen MR) is 107 cm³/mol. The summed E-state index contributed by atoms with van der Waals surface area (Å²) in [7, 11) is 1.27. The number of methoxy groups -OCH3 is 1. The molecule has 8 heteroatoms. The highest BCUT2D eigenvalue weighted by molar-refractivity contribution is 7.14. The molecule has 1 aromatic heterocycles. The SMILES string of the molecule is COC(=O)c1ccsc1NC(=O)c1ccc2c(c1)C(=O)N(C1CCCCC1)C2=O. The number of ether oxygens (including phenoxy) is 1. The molecule has 29 heavy (non-hydrogen) atoms. The largest absolute Gasteiger partial charge is 0.465 e. The maximum Gasteiger partial charge on any atom is 0.340 e. The lowest BCUT2D eigenvalue weighted by Crippen LogP contribution is -2.40. The van der Waals surface area contributed by atoms with Gasteiger partial charge in [-0.25, -0.2) is 4.79 Å². The van der Waals surface area contributed by atoms with Crippen molar-refractivity contribution >= 4 is 40.0 Å². The summed E-state index contributed by atoms with van der Waals surface area (Å²) >= 11 is 1.20. The van der Waals surface area contributed by atoms with Gasteiger partial charge in [0, 0.05) is 11.6 Å². The first kappa shape index (κ1) is 19.3. The number of benzene rings is 1. The van der Waals surface area contributed by atoms with Gasteiger partial charge < -0.3 is 10.1 Å². The Morgan fingerprint density at radius 2 is 1.79 bits per heavy atom. The number of hydrogen-bond acceptors (Lipinski definition) is 6. The molecule has 3 amide bonds. The molecule has 1 fully saturated rings. The molecule has 150 valence electrons. The monoisotopic (exact) mass is 412 g/mol. The van der Waals surface area contributed by atoms with Gasteiger partial charge >= 0.3 is 5.97 Å². The van der Waals surface area contributed by atoms with Gasteiger partial charge in [0.05, 0.1) is 23.8 Å². The molecule has 2 heterocycles. The number of carbonyl (C=O) groups is 4. The highest BCUT2D eigenvalue weighted by atomic mass is 32.1. The number of imide groups is 1. The van der Waals surface area contributed by atoms with E-state index in [9.17, 15) is 19.2 Å². The number of rotatable bonds is 4. The normalized spacial score (nSPS) is 16.7. The van der Waals surface area contributed by atoms with Crippen LogP contribution in [0.4, 0.5) is 5.00 Å². The van der Waals surface area contributed by atoms with Crippen LogP contribution in [0, 0.1) is 0 Å². The van der Waals surface area contributed by atoms with Crippen molar-refractivity contribution in [3.8, 4) is 0 Å². The molecular formula is C21H20N2O5S. The second kappa shape index (κ2) is 7.79. The minimum atomic E-state index is -0.542. The highest BCUT2D eigenvalue weighted by Crippen LogP contribution is 2.32. The molecule has 0 unspecified atom stereocenters. The van der Waals surface area contributed by atoms with Crippen LogP contribution in [0.5, 0.6) is 0 Å². The van der Waals surface area contributed by atoms with Crippen molar-refractivity contribution in [1.29, 1.82) is 0 Å². The molecule has 1 aromatic carbocycles. The van der Waals surface area contributed by atoms with E-state index in [1.807, 2.05) is 0 Å². The zero-order valence-corrected chi connectivity index (χ0v) is 16.7. The van der Waals surface area contributed by atoms with Crippen molar-refractivity contribution < 1.29 is 23.9 Å². The summed E-state index contributed by atoms with van der Waals surface area (Å²) in [6.07, 6.45) is 4.80. The Kier molecular flexibility index (Phi) is 5.19. The van der Waals surface area contributed by atoms with E-state index in [1.165, 1.54) is 41.5 Å². The molecule has 1 N–H and O–H groups in total. The average molecular weight is 412 g/mol. The molecule has 7 nitrogen and oxygen atoms in total. The van der Waals surface area contributed by atoms with E-state index in [0.29, 0.717) is 10.6 Å². The van der Waals surface area contributed by atoms with E-state index >= 15 is 0 Å². The summed E-state index contributed by atoms with van der Waals surface area (Å²) in [6.45, 7) is 0. The molecule has 0 spiro atoms. The van der Waals surface area contributed by atoms with Gasteiger partial charge in [-0.2, -0.15) is 0 Å². The van der Waals surface area contributed by atoms with Gasteiger partial charge in [-0.15, -0.1) is 11.3 Å². The van der Waals surface area contributed by atoms with Crippen molar-refractivity contribution in [3.63, 3.8) is 0 Å². The number of hydrogen-bond donors (Lipinski definition) is 1. The third-order valence-electron chi connectivity index (χ3n) is 5.42. The number of thiophene rings is 1. The van der Waals surface area contributed by atoms with Crippen molar-refractivity contribution in [2.45, 2.75) is 38.1 Å². The smallest absolute Gasteiger partial charge is 0.340 e. The lowest BCUT2D eigenvalue weighted by atomic mass is 9.94. The Balaban J connectivity index is 1.57. The van der Waals surface area contributed by atoms with Crippen molar-refractivity contribution in [2.75, 3.05) is 12.4 Å². The summed E-state index contributed by atoms with van der Waals surface area (Å²) < 4.78 is 4.71. The van der Waals surface area contributed by atoms with Crippen molar-refractivity contribution in [2.24, 2.45) is 0 Å². The molecule has 1 saturated carbocycles. The van der Waals surface area contributed by atoms with Gasteiger partial charge in [-0.05, 0) is 42.5 Å². The summed E-state index contributed by atoms with van der Waals surface area (Å²) in [5, 5.41) is 4.73. The molecule has 1 aliphatic carbocycles. The fourth-order valence-electron chi connectivity index (χ4n) is 3.92. The number of carbonyl (C=O) groups excluding carboxylic acids is 4. The van der Waals surface area contributed by atoms with Crippen LogP contribution in [-0.4, -0.2) is 41.7 Å².